The summed E-state index contributed by atoms with van der Waals surface area (Å²) in [4.78, 5) is 24.4. The Labute approximate surface area is 210 Å². The van der Waals surface area contributed by atoms with Crippen LogP contribution in [0.2, 0.25) is 4.34 Å². The first-order valence-corrected chi connectivity index (χ1v) is 14.1. The zero-order valence-electron chi connectivity index (χ0n) is 18.2. The van der Waals surface area contributed by atoms with Crippen LogP contribution in [0.4, 0.5) is 5.13 Å². The third kappa shape index (κ3) is 4.48. The minimum absolute atomic E-state index is 0.145. The molecule has 1 unspecified atom stereocenters. The van der Waals surface area contributed by atoms with Crippen molar-refractivity contribution in [2.24, 2.45) is 0 Å². The zero-order chi connectivity index (χ0) is 23.9. The van der Waals surface area contributed by atoms with Gasteiger partial charge in [0.25, 0.3) is 10.0 Å². The van der Waals surface area contributed by atoms with Gasteiger partial charge in [-0.1, -0.05) is 35.1 Å². The van der Waals surface area contributed by atoms with E-state index >= 15 is 0 Å². The normalized spacial score (nSPS) is 16.8. The van der Waals surface area contributed by atoms with Crippen LogP contribution in [0.5, 0.6) is 0 Å². The van der Waals surface area contributed by atoms with Crippen LogP contribution in [-0.2, 0) is 21.4 Å². The molecule has 1 amide bonds. The molecule has 176 valence electrons. The number of hydrogen-bond acceptors (Lipinski definition) is 7. The third-order valence-electron chi connectivity index (χ3n) is 5.69. The summed E-state index contributed by atoms with van der Waals surface area (Å²) < 4.78 is 29.5. The molecule has 0 spiro atoms. The van der Waals surface area contributed by atoms with E-state index in [0.717, 1.165) is 32.7 Å². The standard InChI is InChI=1S/C23H21ClN4O3S3/c1-15-6-7-17-19(12-15)32-23(26-17)27(14-16-4-2-10-25-13-16)22(29)18-5-3-11-28(18)34(30,31)21-9-8-20(24)33-21/h2,4,6-10,12-13,18H,3,5,11,14H2,1H3. The Hall–Kier alpha value is -2.37. The number of sulfonamides is 1. The minimum atomic E-state index is -3.84. The number of halogens is 1. The molecule has 4 aromatic rings. The van der Waals surface area contributed by atoms with Crippen LogP contribution in [0.15, 0.2) is 59.1 Å². The van der Waals surface area contributed by atoms with Crippen LogP contribution in [0.1, 0.15) is 24.0 Å². The number of aryl methyl sites for hydroxylation is 1. The molecule has 1 fully saturated rings. The molecule has 0 aliphatic carbocycles. The maximum atomic E-state index is 13.9. The molecule has 1 aliphatic heterocycles. The Morgan fingerprint density at radius 1 is 1.24 bits per heavy atom. The second kappa shape index (κ2) is 9.35. The molecule has 1 saturated heterocycles. The van der Waals surface area contributed by atoms with Crippen LogP contribution in [0.3, 0.4) is 0 Å². The third-order valence-corrected chi connectivity index (χ3v) is 10.3. The van der Waals surface area contributed by atoms with Gasteiger partial charge in [-0.25, -0.2) is 13.4 Å². The van der Waals surface area contributed by atoms with Crippen molar-refractivity contribution in [3.63, 3.8) is 0 Å². The smallest absolute Gasteiger partial charge is 0.253 e. The average Bonchev–Trinajstić information content (AvgIpc) is 3.57. The number of pyridine rings is 1. The topological polar surface area (TPSA) is 83.5 Å². The molecule has 5 rings (SSSR count). The van der Waals surface area contributed by atoms with Crippen molar-refractivity contribution in [1.29, 1.82) is 0 Å². The van der Waals surface area contributed by atoms with E-state index in [-0.39, 0.29) is 23.2 Å². The van der Waals surface area contributed by atoms with Crippen molar-refractivity contribution in [1.82, 2.24) is 14.3 Å². The maximum Gasteiger partial charge on any atom is 0.253 e. The molecule has 4 heterocycles. The lowest BCUT2D eigenvalue weighted by Gasteiger charge is -2.28. The molecule has 3 aromatic heterocycles. The second-order valence-electron chi connectivity index (χ2n) is 8.09. The molecule has 1 aromatic carbocycles. The van der Waals surface area contributed by atoms with Crippen LogP contribution in [0.25, 0.3) is 10.2 Å². The number of aromatic nitrogens is 2. The van der Waals surface area contributed by atoms with Crippen molar-refractivity contribution in [3.05, 3.63) is 70.3 Å². The zero-order valence-corrected chi connectivity index (χ0v) is 21.4. The molecule has 7 nitrogen and oxygen atoms in total. The lowest BCUT2D eigenvalue weighted by atomic mass is 10.2. The van der Waals surface area contributed by atoms with Crippen molar-refractivity contribution in [3.8, 4) is 0 Å². The Kier molecular flexibility index (Phi) is 6.43. The number of anilines is 1. The van der Waals surface area contributed by atoms with Crippen molar-refractivity contribution in [2.75, 3.05) is 11.4 Å². The fourth-order valence-electron chi connectivity index (χ4n) is 4.06. The number of hydrogen-bond donors (Lipinski definition) is 0. The summed E-state index contributed by atoms with van der Waals surface area (Å²) in [5, 5.41) is 0.540. The summed E-state index contributed by atoms with van der Waals surface area (Å²) in [5.74, 6) is -0.289. The number of carbonyl (C=O) groups excluding carboxylic acids is 1. The molecular weight excluding hydrogens is 512 g/mol. The Morgan fingerprint density at radius 2 is 2.09 bits per heavy atom. The fraction of sp³-hybridized carbons (Fsp3) is 0.261. The number of thiophene rings is 1. The molecule has 0 bridgehead atoms. The molecule has 0 saturated carbocycles. The van der Waals surface area contributed by atoms with Crippen LogP contribution < -0.4 is 4.90 Å². The van der Waals surface area contributed by atoms with Crippen LogP contribution in [0, 0.1) is 6.92 Å². The highest BCUT2D eigenvalue weighted by Crippen LogP contribution is 2.35. The van der Waals surface area contributed by atoms with E-state index in [9.17, 15) is 13.2 Å². The summed E-state index contributed by atoms with van der Waals surface area (Å²) in [7, 11) is -3.84. The van der Waals surface area contributed by atoms with E-state index in [2.05, 4.69) is 4.98 Å². The monoisotopic (exact) mass is 532 g/mol. The number of rotatable bonds is 6. The fourth-order valence-corrected chi connectivity index (χ4v) is 8.39. The summed E-state index contributed by atoms with van der Waals surface area (Å²) in [5.41, 5.74) is 2.75. The predicted molar refractivity (Wildman–Crippen MR) is 136 cm³/mol. The van der Waals surface area contributed by atoms with E-state index in [1.54, 1.807) is 23.4 Å². The van der Waals surface area contributed by atoms with E-state index < -0.39 is 16.1 Å². The first-order chi connectivity index (χ1) is 16.3. The first-order valence-electron chi connectivity index (χ1n) is 10.7. The summed E-state index contributed by atoms with van der Waals surface area (Å²) in [6.45, 7) is 2.55. The van der Waals surface area contributed by atoms with Crippen molar-refractivity contribution in [2.45, 2.75) is 36.6 Å². The van der Waals surface area contributed by atoms with Gasteiger partial charge in [-0.2, -0.15) is 4.31 Å². The summed E-state index contributed by atoms with van der Waals surface area (Å²) >= 11 is 8.41. The summed E-state index contributed by atoms with van der Waals surface area (Å²) in [6.07, 6.45) is 4.43. The van der Waals surface area contributed by atoms with Crippen molar-refractivity contribution >= 4 is 65.6 Å². The highest BCUT2D eigenvalue weighted by molar-refractivity contribution is 7.91. The molecular formula is C23H21ClN4O3S3. The Bertz CT molecular complexity index is 1450. The lowest BCUT2D eigenvalue weighted by Crippen LogP contribution is -2.47. The largest absolute Gasteiger partial charge is 0.282 e. The Morgan fingerprint density at radius 3 is 2.82 bits per heavy atom. The number of thiazole rings is 1. The molecule has 1 atom stereocenters. The first kappa shape index (κ1) is 23.4. The predicted octanol–water partition coefficient (Wildman–Crippen LogP) is 5.10. The molecule has 11 heteroatoms. The quantitative estimate of drug-likeness (QED) is 0.345. The second-order valence-corrected chi connectivity index (χ2v) is 12.9. The highest BCUT2D eigenvalue weighted by atomic mass is 35.5. The van der Waals surface area contributed by atoms with Gasteiger partial charge in [-0.3, -0.25) is 14.7 Å². The number of nitrogens with zero attached hydrogens (tertiary/aromatic N) is 4. The van der Waals surface area contributed by atoms with Gasteiger partial charge in [0.05, 0.1) is 21.1 Å². The van der Waals surface area contributed by atoms with E-state index in [4.69, 9.17) is 16.6 Å². The van der Waals surface area contributed by atoms with Gasteiger partial charge in [0.15, 0.2) is 5.13 Å². The van der Waals surface area contributed by atoms with Crippen LogP contribution >= 0.6 is 34.3 Å². The average molecular weight is 533 g/mol. The van der Waals surface area contributed by atoms with Gasteiger partial charge in [-0.15, -0.1) is 11.3 Å². The number of fused-ring (bicyclic) bond motifs is 1. The van der Waals surface area contributed by atoms with E-state index in [0.29, 0.717) is 22.3 Å². The SMILES string of the molecule is Cc1ccc2nc(N(Cc3cccnc3)C(=O)C3CCCN3S(=O)(=O)c3ccc(Cl)s3)sc2c1. The number of amides is 1. The van der Waals surface area contributed by atoms with Gasteiger partial charge in [0, 0.05) is 18.9 Å². The molecule has 0 radical (unpaired) electrons. The van der Waals surface area contributed by atoms with Gasteiger partial charge >= 0.3 is 0 Å². The number of carbonyl (C=O) groups is 1. The molecule has 34 heavy (non-hydrogen) atoms. The minimum Gasteiger partial charge on any atom is -0.282 e. The lowest BCUT2D eigenvalue weighted by molar-refractivity contribution is -0.121. The van der Waals surface area contributed by atoms with Gasteiger partial charge in [0.2, 0.25) is 5.91 Å². The van der Waals surface area contributed by atoms with Gasteiger partial charge in [-0.05, 0) is 61.2 Å². The summed E-state index contributed by atoms with van der Waals surface area (Å²) in [6, 6.07) is 11.9. The van der Waals surface area contributed by atoms with E-state index in [1.807, 2.05) is 37.3 Å². The maximum absolute atomic E-state index is 13.9. The van der Waals surface area contributed by atoms with Gasteiger partial charge < -0.3 is 0 Å². The Balaban J connectivity index is 1.52. The molecule has 0 N–H and O–H groups in total. The van der Waals surface area contributed by atoms with E-state index in [1.165, 1.54) is 21.7 Å². The number of benzene rings is 1. The van der Waals surface area contributed by atoms with Gasteiger partial charge in [0.1, 0.15) is 10.3 Å². The van der Waals surface area contributed by atoms with Crippen LogP contribution in [-0.4, -0.2) is 41.2 Å². The highest BCUT2D eigenvalue weighted by Gasteiger charge is 2.42. The van der Waals surface area contributed by atoms with Crippen molar-refractivity contribution < 1.29 is 13.2 Å². The molecule has 1 aliphatic rings.